The molecule has 62 valence electrons. The van der Waals surface area contributed by atoms with Crippen LogP contribution in [0.25, 0.3) is 0 Å². The second-order valence-electron chi connectivity index (χ2n) is 2.88. The first kappa shape index (κ1) is 8.42. The van der Waals surface area contributed by atoms with Gasteiger partial charge in [0.05, 0.1) is 0 Å². The van der Waals surface area contributed by atoms with E-state index >= 15 is 0 Å². The van der Waals surface area contributed by atoms with Crippen LogP contribution in [-0.4, -0.2) is 26.7 Å². The van der Waals surface area contributed by atoms with Gasteiger partial charge < -0.3 is 10.8 Å². The quantitative estimate of drug-likeness (QED) is 0.507. The third-order valence-corrected chi connectivity index (χ3v) is 1.70. The molecule has 0 aliphatic carbocycles. The minimum Gasteiger partial charge on any atom is -0.375 e. The third kappa shape index (κ3) is 1.49. The summed E-state index contributed by atoms with van der Waals surface area (Å²) in [6, 6.07) is 0. The van der Waals surface area contributed by atoms with E-state index in [9.17, 15) is 5.11 Å². The number of thiocarbonyl (C=S) groups is 1. The average molecular weight is 173 g/mol. The van der Waals surface area contributed by atoms with Gasteiger partial charge >= 0.3 is 0 Å². The van der Waals surface area contributed by atoms with Gasteiger partial charge in [-0.1, -0.05) is 0 Å². The normalized spacial score (nSPS) is 30.5. The van der Waals surface area contributed by atoms with Crippen LogP contribution in [0.5, 0.6) is 0 Å². The predicted molar refractivity (Wildman–Crippen MR) is 47.0 cm³/mol. The molecule has 0 spiro atoms. The van der Waals surface area contributed by atoms with Crippen LogP contribution in [0, 0.1) is 0 Å². The van der Waals surface area contributed by atoms with Gasteiger partial charge in [0.15, 0.2) is 10.8 Å². The average Bonchev–Trinajstić information content (AvgIpc) is 2.04. The number of rotatable bonds is 0. The molecule has 0 bridgehead atoms. The van der Waals surface area contributed by atoms with Gasteiger partial charge in [0.1, 0.15) is 0 Å². The molecule has 1 atom stereocenters. The predicted octanol–water partition coefficient (Wildman–Crippen LogP) is 0.0201. The summed E-state index contributed by atoms with van der Waals surface area (Å²) in [7, 11) is 0. The Morgan fingerprint density at radius 1 is 1.91 bits per heavy atom. The van der Waals surface area contributed by atoms with Crippen molar-refractivity contribution in [2.45, 2.75) is 26.0 Å². The van der Waals surface area contributed by atoms with Crippen molar-refractivity contribution in [1.82, 2.24) is 5.01 Å². The van der Waals surface area contributed by atoms with Gasteiger partial charge in [-0.15, -0.1) is 0 Å². The minimum atomic E-state index is -1.03. The van der Waals surface area contributed by atoms with Crippen LogP contribution in [0.15, 0.2) is 5.10 Å². The molecular weight excluding hydrogens is 162 g/mol. The molecule has 0 aromatic carbocycles. The standard InChI is InChI=1S/C6H11N3OS/c1-4-3-6(2,10)9(8-4)5(7)11/h10H,3H2,1-2H3,(H2,7,11). The van der Waals surface area contributed by atoms with Crippen molar-refractivity contribution in [2.24, 2.45) is 10.8 Å². The maximum Gasteiger partial charge on any atom is 0.189 e. The highest BCUT2D eigenvalue weighted by Gasteiger charge is 2.36. The van der Waals surface area contributed by atoms with E-state index in [1.807, 2.05) is 6.92 Å². The Labute approximate surface area is 70.7 Å². The number of nitrogens with zero attached hydrogens (tertiary/aromatic N) is 2. The first-order valence-corrected chi connectivity index (χ1v) is 3.70. The molecule has 0 aromatic rings. The maximum atomic E-state index is 9.64. The lowest BCUT2D eigenvalue weighted by Crippen LogP contribution is -2.45. The molecule has 0 saturated carbocycles. The SMILES string of the molecule is CC1=NN(C(N)=S)C(C)(O)C1. The summed E-state index contributed by atoms with van der Waals surface area (Å²) in [6.07, 6.45) is 0.490. The highest BCUT2D eigenvalue weighted by Crippen LogP contribution is 2.23. The lowest BCUT2D eigenvalue weighted by Gasteiger charge is -2.26. The van der Waals surface area contributed by atoms with E-state index in [1.165, 1.54) is 5.01 Å². The fourth-order valence-electron chi connectivity index (χ4n) is 1.16. The van der Waals surface area contributed by atoms with Gasteiger partial charge in [-0.25, -0.2) is 5.01 Å². The Morgan fingerprint density at radius 3 is 2.64 bits per heavy atom. The van der Waals surface area contributed by atoms with Crippen LogP contribution in [0.4, 0.5) is 0 Å². The van der Waals surface area contributed by atoms with Crippen molar-refractivity contribution in [1.29, 1.82) is 0 Å². The molecule has 11 heavy (non-hydrogen) atoms. The molecular formula is C6H11N3OS. The summed E-state index contributed by atoms with van der Waals surface area (Å²) in [4.78, 5) is 0. The van der Waals surface area contributed by atoms with Crippen LogP contribution in [0.1, 0.15) is 20.3 Å². The van der Waals surface area contributed by atoms with E-state index in [0.717, 1.165) is 5.71 Å². The zero-order chi connectivity index (χ0) is 8.65. The first-order chi connectivity index (χ1) is 4.93. The van der Waals surface area contributed by atoms with Gasteiger partial charge in [-0.2, -0.15) is 5.10 Å². The molecule has 0 saturated heterocycles. The summed E-state index contributed by atoms with van der Waals surface area (Å²) >= 11 is 4.69. The fraction of sp³-hybridized carbons (Fsp3) is 0.667. The summed E-state index contributed by atoms with van der Waals surface area (Å²) in [5.74, 6) is 0. The molecule has 0 amide bonds. The molecule has 1 heterocycles. The first-order valence-electron chi connectivity index (χ1n) is 3.29. The fourth-order valence-corrected chi connectivity index (χ4v) is 1.40. The van der Waals surface area contributed by atoms with Gasteiger partial charge in [-0.3, -0.25) is 0 Å². The van der Waals surface area contributed by atoms with Crippen molar-refractivity contribution in [2.75, 3.05) is 0 Å². The van der Waals surface area contributed by atoms with Crippen LogP contribution in [0.3, 0.4) is 0 Å². The second-order valence-corrected chi connectivity index (χ2v) is 3.30. The topological polar surface area (TPSA) is 61.8 Å². The van der Waals surface area contributed by atoms with E-state index < -0.39 is 5.72 Å². The molecule has 4 nitrogen and oxygen atoms in total. The number of hydrazone groups is 1. The Hall–Kier alpha value is -0.680. The van der Waals surface area contributed by atoms with E-state index in [4.69, 9.17) is 18.0 Å². The van der Waals surface area contributed by atoms with Gasteiger partial charge in [0.2, 0.25) is 0 Å². The van der Waals surface area contributed by atoms with E-state index in [0.29, 0.717) is 6.42 Å². The zero-order valence-electron chi connectivity index (χ0n) is 6.53. The Bertz CT molecular complexity index is 224. The number of hydrogen-bond acceptors (Lipinski definition) is 3. The summed E-state index contributed by atoms with van der Waals surface area (Å²) in [5.41, 5.74) is 5.13. The summed E-state index contributed by atoms with van der Waals surface area (Å²) in [5, 5.41) is 15.0. The van der Waals surface area contributed by atoms with Crippen LogP contribution in [0.2, 0.25) is 0 Å². The van der Waals surface area contributed by atoms with Gasteiger partial charge in [-0.05, 0) is 26.1 Å². The monoisotopic (exact) mass is 173 g/mol. The number of hydrogen-bond donors (Lipinski definition) is 2. The molecule has 5 heteroatoms. The molecule has 1 unspecified atom stereocenters. The van der Waals surface area contributed by atoms with Crippen LogP contribution >= 0.6 is 12.2 Å². The highest BCUT2D eigenvalue weighted by atomic mass is 32.1. The van der Waals surface area contributed by atoms with Crippen molar-refractivity contribution in [3.8, 4) is 0 Å². The molecule has 0 radical (unpaired) electrons. The van der Waals surface area contributed by atoms with Crippen LogP contribution < -0.4 is 5.73 Å². The van der Waals surface area contributed by atoms with E-state index in [1.54, 1.807) is 6.92 Å². The molecule has 1 aliphatic rings. The molecule has 3 N–H and O–H groups in total. The van der Waals surface area contributed by atoms with E-state index in [2.05, 4.69) is 5.10 Å². The minimum absolute atomic E-state index is 0.104. The summed E-state index contributed by atoms with van der Waals surface area (Å²) in [6.45, 7) is 3.46. The maximum absolute atomic E-state index is 9.64. The van der Waals surface area contributed by atoms with Crippen molar-refractivity contribution in [3.63, 3.8) is 0 Å². The lowest BCUT2D eigenvalue weighted by atomic mass is 10.1. The molecule has 1 aliphatic heterocycles. The second kappa shape index (κ2) is 2.42. The lowest BCUT2D eigenvalue weighted by molar-refractivity contribution is -0.0321. The van der Waals surface area contributed by atoms with Crippen LogP contribution in [-0.2, 0) is 0 Å². The Morgan fingerprint density at radius 2 is 2.45 bits per heavy atom. The molecule has 1 rings (SSSR count). The molecule has 0 aromatic heterocycles. The van der Waals surface area contributed by atoms with Crippen molar-refractivity contribution >= 4 is 23.0 Å². The zero-order valence-corrected chi connectivity index (χ0v) is 7.35. The Balaban J connectivity index is 2.86. The molecule has 0 fully saturated rings. The largest absolute Gasteiger partial charge is 0.375 e. The number of aliphatic hydroxyl groups is 1. The highest BCUT2D eigenvalue weighted by molar-refractivity contribution is 7.80. The number of nitrogens with two attached hydrogens (primary N) is 1. The van der Waals surface area contributed by atoms with Gasteiger partial charge in [0, 0.05) is 12.1 Å². The van der Waals surface area contributed by atoms with Crippen molar-refractivity contribution in [3.05, 3.63) is 0 Å². The van der Waals surface area contributed by atoms with Gasteiger partial charge in [0.25, 0.3) is 0 Å². The third-order valence-electron chi connectivity index (χ3n) is 1.53. The smallest absolute Gasteiger partial charge is 0.189 e. The Kier molecular flexibility index (Phi) is 1.85. The van der Waals surface area contributed by atoms with E-state index in [-0.39, 0.29) is 5.11 Å². The van der Waals surface area contributed by atoms with Crippen molar-refractivity contribution < 1.29 is 5.11 Å². The summed E-state index contributed by atoms with van der Waals surface area (Å²) < 4.78 is 0.